The summed E-state index contributed by atoms with van der Waals surface area (Å²) in [6.07, 6.45) is 5.61. The maximum atomic E-state index is 10.1. The van der Waals surface area contributed by atoms with Crippen molar-refractivity contribution in [2.75, 3.05) is 11.9 Å². The third-order valence-electron chi connectivity index (χ3n) is 4.83. The Morgan fingerprint density at radius 1 is 1.22 bits per heavy atom. The van der Waals surface area contributed by atoms with Crippen LogP contribution in [0.5, 0.6) is 11.5 Å². The second-order valence-corrected chi connectivity index (χ2v) is 7.76. The minimum Gasteiger partial charge on any atom is -0.456 e. The topological polar surface area (TPSA) is 91.1 Å². The number of aliphatic hydroxyl groups excluding tert-OH is 1. The van der Waals surface area contributed by atoms with Gasteiger partial charge < -0.3 is 15.2 Å². The number of rotatable bonds is 5. The molecule has 0 spiro atoms. The zero-order valence-corrected chi connectivity index (χ0v) is 15.6. The number of pyridine rings is 1. The number of aromatic nitrogens is 2. The minimum atomic E-state index is -0.207. The Morgan fingerprint density at radius 2 is 2.07 bits per heavy atom. The number of anilines is 1. The molecule has 7 heteroatoms. The maximum absolute atomic E-state index is 10.1. The van der Waals surface area contributed by atoms with E-state index < -0.39 is 0 Å². The lowest BCUT2D eigenvalue weighted by molar-refractivity contribution is 0.0763. The van der Waals surface area contributed by atoms with Gasteiger partial charge in [0, 0.05) is 18.5 Å². The average molecular weight is 380 g/mol. The molecule has 1 unspecified atom stereocenters. The fraction of sp³-hybridized carbons (Fsp3) is 0.350. The van der Waals surface area contributed by atoms with E-state index in [1.807, 2.05) is 24.3 Å². The molecule has 1 aliphatic carbocycles. The van der Waals surface area contributed by atoms with Crippen LogP contribution >= 0.6 is 11.3 Å². The molecule has 1 fully saturated rings. The summed E-state index contributed by atoms with van der Waals surface area (Å²) in [5.74, 6) is 1.59. The van der Waals surface area contributed by atoms with Crippen LogP contribution in [0.15, 0.2) is 36.5 Å². The molecule has 2 atom stereocenters. The number of nitrogens with one attached hydrogen (secondary N) is 1. The molecule has 1 aliphatic rings. The predicted molar refractivity (Wildman–Crippen MR) is 105 cm³/mol. The molecule has 2 N–H and O–H groups in total. The first-order valence-electron chi connectivity index (χ1n) is 9.08. The van der Waals surface area contributed by atoms with E-state index in [1.54, 1.807) is 23.5 Å². The monoisotopic (exact) mass is 380 g/mol. The number of thiazole rings is 1. The Kier molecular flexibility index (Phi) is 5.19. The van der Waals surface area contributed by atoms with E-state index in [0.717, 1.165) is 41.2 Å². The van der Waals surface area contributed by atoms with Crippen molar-refractivity contribution in [2.45, 2.75) is 31.8 Å². The van der Waals surface area contributed by atoms with Gasteiger partial charge in [-0.2, -0.15) is 5.26 Å². The second-order valence-electron chi connectivity index (χ2n) is 6.73. The van der Waals surface area contributed by atoms with Crippen molar-refractivity contribution in [3.8, 4) is 17.6 Å². The highest BCUT2D eigenvalue weighted by Crippen LogP contribution is 2.32. The van der Waals surface area contributed by atoms with Gasteiger partial charge in [0.25, 0.3) is 0 Å². The van der Waals surface area contributed by atoms with Gasteiger partial charge in [-0.1, -0.05) is 24.2 Å². The molecule has 2 heterocycles. The van der Waals surface area contributed by atoms with Gasteiger partial charge >= 0.3 is 0 Å². The van der Waals surface area contributed by atoms with E-state index in [4.69, 9.17) is 10.00 Å². The predicted octanol–water partition coefficient (Wildman–Crippen LogP) is 4.32. The van der Waals surface area contributed by atoms with Crippen LogP contribution in [-0.2, 0) is 0 Å². The summed E-state index contributed by atoms with van der Waals surface area (Å²) in [7, 11) is 0. The molecular formula is C20H20N4O2S. The highest BCUT2D eigenvalue weighted by atomic mass is 32.1. The van der Waals surface area contributed by atoms with E-state index in [1.165, 1.54) is 12.6 Å². The van der Waals surface area contributed by atoms with Gasteiger partial charge in [0.1, 0.15) is 23.3 Å². The normalized spacial score (nSPS) is 19.6. The molecule has 0 saturated heterocycles. The van der Waals surface area contributed by atoms with E-state index in [-0.39, 0.29) is 6.10 Å². The largest absolute Gasteiger partial charge is 0.456 e. The summed E-state index contributed by atoms with van der Waals surface area (Å²) >= 11 is 1.58. The molecule has 27 heavy (non-hydrogen) atoms. The molecule has 1 aromatic carbocycles. The molecule has 0 bridgehead atoms. The number of nitrogens with zero attached hydrogens (tertiary/aromatic N) is 3. The molecular weight excluding hydrogens is 360 g/mol. The molecule has 0 radical (unpaired) electrons. The number of aliphatic hydroxyl groups is 1. The van der Waals surface area contributed by atoms with Crippen LogP contribution in [0.3, 0.4) is 0 Å². The number of fused-ring (bicyclic) bond motifs is 1. The summed E-state index contributed by atoms with van der Waals surface area (Å²) in [5, 5.41) is 23.1. The molecule has 2 aromatic heterocycles. The molecule has 138 valence electrons. The quantitative estimate of drug-likeness (QED) is 0.685. The summed E-state index contributed by atoms with van der Waals surface area (Å²) in [4.78, 5) is 8.62. The van der Waals surface area contributed by atoms with Gasteiger partial charge in [-0.05, 0) is 37.1 Å². The van der Waals surface area contributed by atoms with Gasteiger partial charge in [0.05, 0.1) is 22.5 Å². The van der Waals surface area contributed by atoms with E-state index in [2.05, 4.69) is 15.3 Å². The average Bonchev–Trinajstić information content (AvgIpc) is 3.10. The van der Waals surface area contributed by atoms with E-state index in [9.17, 15) is 5.11 Å². The zero-order valence-electron chi connectivity index (χ0n) is 14.8. The van der Waals surface area contributed by atoms with Crippen LogP contribution in [0.1, 0.15) is 31.4 Å². The SMILES string of the molecule is N#Cc1ccc(Oc2ccc3nc(NCC4CCCC[C@H]4O)sc3c2)cn1. The molecule has 0 amide bonds. The second kappa shape index (κ2) is 7.91. The number of hydrogen-bond acceptors (Lipinski definition) is 7. The van der Waals surface area contributed by atoms with Crippen molar-refractivity contribution in [2.24, 2.45) is 5.92 Å². The van der Waals surface area contributed by atoms with Crippen LogP contribution < -0.4 is 10.1 Å². The van der Waals surface area contributed by atoms with Crippen molar-refractivity contribution in [3.05, 3.63) is 42.2 Å². The summed E-state index contributed by atoms with van der Waals surface area (Å²) in [5.41, 5.74) is 1.27. The Morgan fingerprint density at radius 3 is 2.85 bits per heavy atom. The minimum absolute atomic E-state index is 0.207. The number of ether oxygens (including phenoxy) is 1. The summed E-state index contributed by atoms with van der Waals surface area (Å²) < 4.78 is 6.85. The third kappa shape index (κ3) is 4.18. The Hall–Kier alpha value is -2.69. The fourth-order valence-electron chi connectivity index (χ4n) is 3.33. The zero-order chi connectivity index (χ0) is 18.6. The fourth-order valence-corrected chi connectivity index (χ4v) is 4.23. The van der Waals surface area contributed by atoms with Crippen molar-refractivity contribution in [1.82, 2.24) is 9.97 Å². The molecule has 1 saturated carbocycles. The molecule has 6 nitrogen and oxygen atoms in total. The van der Waals surface area contributed by atoms with Crippen LogP contribution in [0.4, 0.5) is 5.13 Å². The first-order valence-corrected chi connectivity index (χ1v) is 9.89. The van der Waals surface area contributed by atoms with E-state index in [0.29, 0.717) is 23.1 Å². The Balaban J connectivity index is 1.44. The van der Waals surface area contributed by atoms with Crippen molar-refractivity contribution in [1.29, 1.82) is 5.26 Å². The van der Waals surface area contributed by atoms with Gasteiger partial charge in [0.2, 0.25) is 0 Å². The van der Waals surface area contributed by atoms with Gasteiger partial charge in [0.15, 0.2) is 5.13 Å². The van der Waals surface area contributed by atoms with Crippen molar-refractivity contribution < 1.29 is 9.84 Å². The summed E-state index contributed by atoms with van der Waals surface area (Å²) in [6.45, 7) is 0.751. The van der Waals surface area contributed by atoms with Crippen molar-refractivity contribution in [3.63, 3.8) is 0 Å². The lowest BCUT2D eigenvalue weighted by Gasteiger charge is -2.27. The van der Waals surface area contributed by atoms with Gasteiger partial charge in [-0.15, -0.1) is 0 Å². The van der Waals surface area contributed by atoms with Crippen LogP contribution in [0, 0.1) is 17.2 Å². The number of benzene rings is 1. The first-order chi connectivity index (χ1) is 13.2. The van der Waals surface area contributed by atoms with Crippen molar-refractivity contribution >= 4 is 26.7 Å². The highest BCUT2D eigenvalue weighted by Gasteiger charge is 2.22. The Bertz CT molecular complexity index is 964. The summed E-state index contributed by atoms with van der Waals surface area (Å²) in [6, 6.07) is 11.1. The maximum Gasteiger partial charge on any atom is 0.183 e. The number of hydrogen-bond donors (Lipinski definition) is 2. The lowest BCUT2D eigenvalue weighted by Crippen LogP contribution is -2.30. The first kappa shape index (κ1) is 17.7. The number of nitriles is 1. The van der Waals surface area contributed by atoms with Crippen LogP contribution in [0.25, 0.3) is 10.2 Å². The Labute approximate surface area is 161 Å². The molecule has 0 aliphatic heterocycles. The third-order valence-corrected chi connectivity index (χ3v) is 5.81. The van der Waals surface area contributed by atoms with Crippen LogP contribution in [0.2, 0.25) is 0 Å². The van der Waals surface area contributed by atoms with Gasteiger partial charge in [-0.25, -0.2) is 9.97 Å². The lowest BCUT2D eigenvalue weighted by atomic mass is 9.86. The van der Waals surface area contributed by atoms with Gasteiger partial charge in [-0.3, -0.25) is 0 Å². The molecule has 4 rings (SSSR count). The standard InChI is InChI=1S/C20H20N4O2S/c21-10-14-5-6-16(12-22-14)26-15-7-8-17-19(9-15)27-20(24-17)23-11-13-3-1-2-4-18(13)25/h5-9,12-13,18,25H,1-4,11H2,(H,23,24)/t13?,18-/m1/s1. The smallest absolute Gasteiger partial charge is 0.183 e. The molecule has 3 aromatic rings. The van der Waals surface area contributed by atoms with Crippen LogP contribution in [-0.4, -0.2) is 27.7 Å². The van der Waals surface area contributed by atoms with E-state index >= 15 is 0 Å². The highest BCUT2D eigenvalue weighted by molar-refractivity contribution is 7.22.